The molecule has 10 nitrogen and oxygen atoms in total. The molecule has 4 heterocycles. The predicted octanol–water partition coefficient (Wildman–Crippen LogP) is 2.04. The number of ether oxygens (including phenoxy) is 1. The van der Waals surface area contributed by atoms with Crippen LogP contribution in [-0.4, -0.2) is 32.4 Å². The topological polar surface area (TPSA) is 117 Å². The van der Waals surface area contributed by atoms with E-state index in [9.17, 15) is 13.6 Å². The first-order valence-electron chi connectivity index (χ1n) is 9.92. The maximum absolute atomic E-state index is 13.8. The molecular formula is C20H19F2N7O3. The van der Waals surface area contributed by atoms with Crippen LogP contribution in [0.5, 0.6) is 5.75 Å². The van der Waals surface area contributed by atoms with E-state index >= 15 is 0 Å². The van der Waals surface area contributed by atoms with Gasteiger partial charge in [-0.1, -0.05) is 0 Å². The number of rotatable bonds is 6. The molecule has 0 saturated carbocycles. The van der Waals surface area contributed by atoms with Crippen molar-refractivity contribution in [1.29, 1.82) is 5.41 Å². The van der Waals surface area contributed by atoms with Gasteiger partial charge in [-0.15, -0.1) is 0 Å². The molecule has 5 rings (SSSR count). The second-order valence-electron chi connectivity index (χ2n) is 7.12. The van der Waals surface area contributed by atoms with E-state index in [1.54, 1.807) is 17.0 Å². The second kappa shape index (κ2) is 7.55. The van der Waals surface area contributed by atoms with Gasteiger partial charge in [0.1, 0.15) is 23.7 Å². The van der Waals surface area contributed by atoms with Gasteiger partial charge >= 0.3 is 5.69 Å². The standard InChI is InChI=1S/C20H19F2N7O3/c1-2-28-16(14-4-3-8-31-14)25-18-15-17(26-19(23)29(18)28)27(20(30)24-15)7-9-32-13-6-5-11(21)10-12(13)22/h3-6,8,10,16,23,25H,2,7,9H2,1H3,(H,24,30). The molecule has 0 spiro atoms. The van der Waals surface area contributed by atoms with E-state index in [0.717, 1.165) is 12.1 Å². The lowest BCUT2D eigenvalue weighted by atomic mass is 10.3. The zero-order valence-electron chi connectivity index (χ0n) is 16.9. The van der Waals surface area contributed by atoms with E-state index < -0.39 is 17.3 Å². The number of halogens is 2. The monoisotopic (exact) mass is 443 g/mol. The number of H-pyrrole nitrogens is 1. The van der Waals surface area contributed by atoms with Crippen LogP contribution in [0.2, 0.25) is 0 Å². The van der Waals surface area contributed by atoms with E-state index in [1.807, 2.05) is 18.0 Å². The number of imidazole rings is 1. The summed E-state index contributed by atoms with van der Waals surface area (Å²) in [5, 5.41) is 13.6. The average molecular weight is 443 g/mol. The highest BCUT2D eigenvalue weighted by atomic mass is 19.1. The van der Waals surface area contributed by atoms with E-state index in [1.165, 1.54) is 10.6 Å². The molecular weight excluding hydrogens is 424 g/mol. The van der Waals surface area contributed by atoms with Crippen molar-refractivity contribution < 1.29 is 17.9 Å². The van der Waals surface area contributed by atoms with Crippen molar-refractivity contribution in [3.8, 4) is 5.75 Å². The molecule has 12 heteroatoms. The van der Waals surface area contributed by atoms with E-state index in [-0.39, 0.29) is 36.3 Å². The lowest BCUT2D eigenvalue weighted by molar-refractivity contribution is 0.283. The van der Waals surface area contributed by atoms with Crippen LogP contribution in [0, 0.1) is 17.0 Å². The second-order valence-corrected chi connectivity index (χ2v) is 7.12. The summed E-state index contributed by atoms with van der Waals surface area (Å²) in [7, 11) is 0. The fraction of sp³-hybridized carbons (Fsp3) is 0.250. The molecule has 0 fully saturated rings. The van der Waals surface area contributed by atoms with Crippen molar-refractivity contribution in [2.45, 2.75) is 19.6 Å². The Balaban J connectivity index is 1.48. The first kappa shape index (κ1) is 19.8. The number of aromatic nitrogens is 4. The molecule has 3 N–H and O–H groups in total. The normalized spacial score (nSPS) is 15.2. The number of hydrogen-bond acceptors (Lipinski definition) is 7. The average Bonchev–Trinajstić information content (AvgIpc) is 3.48. The van der Waals surface area contributed by atoms with Crippen LogP contribution in [0.4, 0.5) is 14.6 Å². The largest absolute Gasteiger partial charge is 0.489 e. The van der Waals surface area contributed by atoms with Crippen LogP contribution in [0.1, 0.15) is 18.8 Å². The van der Waals surface area contributed by atoms with Gasteiger partial charge in [0, 0.05) is 12.6 Å². The Bertz CT molecular complexity index is 1410. The highest BCUT2D eigenvalue weighted by Crippen LogP contribution is 2.32. The van der Waals surface area contributed by atoms with Crippen LogP contribution < -0.4 is 26.4 Å². The number of nitrogens with one attached hydrogen (secondary N) is 3. The third-order valence-corrected chi connectivity index (χ3v) is 5.25. The SMILES string of the molecule is CCN1C(c2ccco2)Nc2c3[nH]c(=O)n(CCOc4ccc(F)cc4F)c3nc(=N)n21. The molecule has 0 radical (unpaired) electrons. The minimum atomic E-state index is -0.829. The molecule has 1 aliphatic heterocycles. The summed E-state index contributed by atoms with van der Waals surface area (Å²) in [6.45, 7) is 2.48. The maximum Gasteiger partial charge on any atom is 0.327 e. The number of hydrogen-bond donors (Lipinski definition) is 3. The first-order valence-corrected chi connectivity index (χ1v) is 9.92. The lowest BCUT2D eigenvalue weighted by Crippen LogP contribution is -2.41. The smallest absolute Gasteiger partial charge is 0.327 e. The number of aromatic amines is 1. The van der Waals surface area contributed by atoms with Gasteiger partial charge in [0.05, 0.1) is 12.8 Å². The predicted molar refractivity (Wildman–Crippen MR) is 110 cm³/mol. The zero-order valence-corrected chi connectivity index (χ0v) is 16.9. The van der Waals surface area contributed by atoms with Crippen LogP contribution in [0.25, 0.3) is 11.2 Å². The summed E-state index contributed by atoms with van der Waals surface area (Å²) in [5.74, 6) is -0.497. The van der Waals surface area contributed by atoms with Crippen LogP contribution in [0.15, 0.2) is 45.8 Å². The minimum Gasteiger partial charge on any atom is -0.489 e. The lowest BCUT2D eigenvalue weighted by Gasteiger charge is -2.23. The fourth-order valence-corrected chi connectivity index (χ4v) is 3.84. The molecule has 0 aliphatic carbocycles. The Morgan fingerprint density at radius 3 is 2.88 bits per heavy atom. The Morgan fingerprint density at radius 1 is 1.31 bits per heavy atom. The number of benzene rings is 1. The van der Waals surface area contributed by atoms with Gasteiger partial charge in [0.25, 0.3) is 0 Å². The fourth-order valence-electron chi connectivity index (χ4n) is 3.84. The summed E-state index contributed by atoms with van der Waals surface area (Å²) < 4.78 is 40.6. The zero-order chi connectivity index (χ0) is 22.4. The van der Waals surface area contributed by atoms with Crippen LogP contribution in [-0.2, 0) is 6.54 Å². The van der Waals surface area contributed by atoms with E-state index in [2.05, 4.69) is 15.3 Å². The summed E-state index contributed by atoms with van der Waals surface area (Å²) in [5.41, 5.74) is 0.161. The number of fused-ring (bicyclic) bond motifs is 3. The summed E-state index contributed by atoms with van der Waals surface area (Å²) in [6, 6.07) is 6.59. The Morgan fingerprint density at radius 2 is 2.16 bits per heavy atom. The highest BCUT2D eigenvalue weighted by Gasteiger charge is 2.34. The van der Waals surface area contributed by atoms with E-state index in [4.69, 9.17) is 14.6 Å². The van der Waals surface area contributed by atoms with E-state index in [0.29, 0.717) is 23.6 Å². The molecule has 4 aromatic rings. The summed E-state index contributed by atoms with van der Waals surface area (Å²) in [6.07, 6.45) is 1.19. The van der Waals surface area contributed by atoms with Crippen molar-refractivity contribution in [3.63, 3.8) is 0 Å². The minimum absolute atomic E-state index is 0.0463. The Kier molecular flexibility index (Phi) is 4.68. The number of nitrogens with zero attached hydrogens (tertiary/aromatic N) is 4. The molecule has 0 saturated heterocycles. The molecule has 0 bridgehead atoms. The van der Waals surface area contributed by atoms with Crippen molar-refractivity contribution >= 4 is 17.0 Å². The van der Waals surface area contributed by atoms with Crippen molar-refractivity contribution in [2.75, 3.05) is 23.5 Å². The quantitative estimate of drug-likeness (QED) is 0.420. The molecule has 1 unspecified atom stereocenters. The van der Waals surface area contributed by atoms with Gasteiger partial charge < -0.3 is 19.5 Å². The Hall–Kier alpha value is -4.09. The third-order valence-electron chi connectivity index (χ3n) is 5.25. The van der Waals surface area contributed by atoms with Gasteiger partial charge in [-0.05, 0) is 31.2 Å². The van der Waals surface area contributed by atoms with Gasteiger partial charge in [0.15, 0.2) is 29.2 Å². The molecule has 166 valence electrons. The third kappa shape index (κ3) is 3.11. The van der Waals surface area contributed by atoms with Crippen molar-refractivity contribution in [3.05, 3.63) is 70.1 Å². The summed E-state index contributed by atoms with van der Waals surface area (Å²) >= 11 is 0. The number of furan rings is 1. The van der Waals surface area contributed by atoms with Gasteiger partial charge in [-0.2, -0.15) is 4.98 Å². The van der Waals surface area contributed by atoms with Gasteiger partial charge in [-0.25, -0.2) is 18.3 Å². The Labute approximate surface area is 179 Å². The molecule has 0 amide bonds. The highest BCUT2D eigenvalue weighted by molar-refractivity contribution is 5.84. The van der Waals surface area contributed by atoms with Crippen LogP contribution in [0.3, 0.4) is 0 Å². The molecule has 1 atom stereocenters. The van der Waals surface area contributed by atoms with Crippen molar-refractivity contribution in [2.24, 2.45) is 0 Å². The number of anilines is 1. The van der Waals surface area contributed by atoms with Gasteiger partial charge in [-0.3, -0.25) is 15.0 Å². The van der Waals surface area contributed by atoms with Gasteiger partial charge in [0.2, 0.25) is 5.62 Å². The summed E-state index contributed by atoms with van der Waals surface area (Å²) in [4.78, 5) is 19.7. The first-order chi connectivity index (χ1) is 15.5. The van der Waals surface area contributed by atoms with Crippen LogP contribution >= 0.6 is 0 Å². The molecule has 3 aromatic heterocycles. The maximum atomic E-state index is 13.8. The van der Waals surface area contributed by atoms with Crippen molar-refractivity contribution in [1.82, 2.24) is 19.2 Å². The molecule has 32 heavy (non-hydrogen) atoms. The molecule has 1 aromatic carbocycles. The molecule has 1 aliphatic rings.